The van der Waals surface area contributed by atoms with Crippen LogP contribution in [0.2, 0.25) is 0 Å². The number of nitrogens with two attached hydrogens (primary N) is 1. The minimum Gasteiger partial charge on any atom is -0.350 e. The Morgan fingerprint density at radius 2 is 2.11 bits per heavy atom. The predicted molar refractivity (Wildman–Crippen MR) is 74.7 cm³/mol. The number of amides is 3. The van der Waals surface area contributed by atoms with Crippen molar-refractivity contribution in [1.82, 2.24) is 15.5 Å². The van der Waals surface area contributed by atoms with Crippen LogP contribution in [0.25, 0.3) is 0 Å². The van der Waals surface area contributed by atoms with Crippen molar-refractivity contribution in [2.24, 2.45) is 5.73 Å². The first-order chi connectivity index (χ1) is 8.90. The summed E-state index contributed by atoms with van der Waals surface area (Å²) in [7, 11) is 0. The Hall–Kier alpha value is -1.30. The van der Waals surface area contributed by atoms with E-state index < -0.39 is 5.54 Å². The molecule has 0 aliphatic carbocycles. The number of nitrogens with zero attached hydrogens (tertiary/aromatic N) is 1. The van der Waals surface area contributed by atoms with Crippen LogP contribution in [0.4, 0.5) is 4.79 Å². The summed E-state index contributed by atoms with van der Waals surface area (Å²) in [6.45, 7) is 7.49. The second-order valence-corrected chi connectivity index (χ2v) is 5.41. The van der Waals surface area contributed by atoms with Crippen LogP contribution in [0.1, 0.15) is 40.0 Å². The summed E-state index contributed by atoms with van der Waals surface area (Å²) < 4.78 is 0. The van der Waals surface area contributed by atoms with Crippen molar-refractivity contribution < 1.29 is 9.59 Å². The summed E-state index contributed by atoms with van der Waals surface area (Å²) in [5.74, 6) is -0.128. The average molecular weight is 270 g/mol. The molecule has 0 aromatic heterocycles. The summed E-state index contributed by atoms with van der Waals surface area (Å²) in [5.41, 5.74) is 5.16. The average Bonchev–Trinajstić information content (AvgIpc) is 2.77. The van der Waals surface area contributed by atoms with Gasteiger partial charge in [-0.15, -0.1) is 0 Å². The zero-order chi connectivity index (χ0) is 14.5. The van der Waals surface area contributed by atoms with E-state index in [2.05, 4.69) is 10.6 Å². The van der Waals surface area contributed by atoms with Crippen molar-refractivity contribution in [3.63, 3.8) is 0 Å². The van der Waals surface area contributed by atoms with E-state index in [9.17, 15) is 9.59 Å². The van der Waals surface area contributed by atoms with Crippen molar-refractivity contribution in [3.05, 3.63) is 0 Å². The van der Waals surface area contributed by atoms with Crippen LogP contribution in [-0.4, -0.2) is 48.1 Å². The molecule has 0 bridgehead atoms. The Labute approximate surface area is 115 Å². The number of carbonyl (C=O) groups excluding carboxylic acids is 2. The summed E-state index contributed by atoms with van der Waals surface area (Å²) in [6.07, 6.45) is 2.31. The fraction of sp³-hybridized carbons (Fsp3) is 0.846. The Kier molecular flexibility index (Phi) is 5.60. The van der Waals surface area contributed by atoms with Crippen molar-refractivity contribution in [2.75, 3.05) is 19.6 Å². The molecule has 0 aromatic rings. The lowest BCUT2D eigenvalue weighted by atomic mass is 9.96. The molecule has 0 radical (unpaired) electrons. The minimum absolute atomic E-state index is 0.00911. The quantitative estimate of drug-likeness (QED) is 0.677. The van der Waals surface area contributed by atoms with Gasteiger partial charge in [-0.05, 0) is 26.7 Å². The molecule has 1 aliphatic heterocycles. The fourth-order valence-electron chi connectivity index (χ4n) is 2.31. The van der Waals surface area contributed by atoms with Crippen molar-refractivity contribution >= 4 is 11.9 Å². The van der Waals surface area contributed by atoms with Crippen LogP contribution in [0.15, 0.2) is 0 Å². The number of hydrogen-bond donors (Lipinski definition) is 3. The van der Waals surface area contributed by atoms with Crippen molar-refractivity contribution in [2.45, 2.75) is 51.6 Å². The van der Waals surface area contributed by atoms with Gasteiger partial charge in [-0.3, -0.25) is 4.79 Å². The Balaban J connectivity index is 2.44. The third kappa shape index (κ3) is 4.38. The molecular weight excluding hydrogens is 244 g/mol. The number of rotatable bonds is 5. The zero-order valence-electron chi connectivity index (χ0n) is 12.2. The molecule has 0 spiro atoms. The van der Waals surface area contributed by atoms with Crippen LogP contribution >= 0.6 is 0 Å². The van der Waals surface area contributed by atoms with Crippen LogP contribution in [0.5, 0.6) is 0 Å². The Morgan fingerprint density at radius 3 is 2.68 bits per heavy atom. The molecule has 0 aromatic carbocycles. The van der Waals surface area contributed by atoms with Gasteiger partial charge in [0, 0.05) is 25.7 Å². The number of urea groups is 1. The Morgan fingerprint density at radius 1 is 1.42 bits per heavy atom. The van der Waals surface area contributed by atoms with E-state index in [0.29, 0.717) is 26.1 Å². The highest BCUT2D eigenvalue weighted by molar-refractivity contribution is 5.86. The maximum atomic E-state index is 12.1. The van der Waals surface area contributed by atoms with Gasteiger partial charge in [-0.25, -0.2) is 4.79 Å². The van der Waals surface area contributed by atoms with E-state index in [-0.39, 0.29) is 18.0 Å². The van der Waals surface area contributed by atoms with E-state index >= 15 is 0 Å². The van der Waals surface area contributed by atoms with Crippen LogP contribution in [0, 0.1) is 0 Å². The van der Waals surface area contributed by atoms with Gasteiger partial charge in [0.05, 0.1) is 5.54 Å². The number of carbonyl (C=O) groups is 2. The molecule has 1 fully saturated rings. The molecule has 4 N–H and O–H groups in total. The topological polar surface area (TPSA) is 87.5 Å². The first kappa shape index (κ1) is 15.8. The number of hydrogen-bond acceptors (Lipinski definition) is 3. The summed E-state index contributed by atoms with van der Waals surface area (Å²) in [5, 5.41) is 5.71. The first-order valence-corrected chi connectivity index (χ1v) is 7.03. The summed E-state index contributed by atoms with van der Waals surface area (Å²) >= 11 is 0. The lowest BCUT2D eigenvalue weighted by molar-refractivity contribution is -0.126. The summed E-state index contributed by atoms with van der Waals surface area (Å²) in [4.78, 5) is 25.4. The van der Waals surface area contributed by atoms with Gasteiger partial charge < -0.3 is 21.3 Å². The molecule has 1 saturated heterocycles. The third-order valence-corrected chi connectivity index (χ3v) is 3.43. The SMILES string of the molecule is CCCC(C)(N)C(=O)NC1CCN(C(=O)NCC)C1. The van der Waals surface area contributed by atoms with Gasteiger partial charge in [0.15, 0.2) is 0 Å². The predicted octanol–water partition coefficient (Wildman–Crippen LogP) is 0.424. The third-order valence-electron chi connectivity index (χ3n) is 3.43. The second-order valence-electron chi connectivity index (χ2n) is 5.41. The van der Waals surface area contributed by atoms with Gasteiger partial charge in [0.1, 0.15) is 0 Å². The second kappa shape index (κ2) is 6.75. The van der Waals surface area contributed by atoms with Crippen LogP contribution < -0.4 is 16.4 Å². The van der Waals surface area contributed by atoms with E-state index in [4.69, 9.17) is 5.73 Å². The molecule has 1 aliphatic rings. The lowest BCUT2D eigenvalue weighted by Gasteiger charge is -2.25. The van der Waals surface area contributed by atoms with Gasteiger partial charge in [0.25, 0.3) is 0 Å². The highest BCUT2D eigenvalue weighted by Gasteiger charge is 2.32. The molecule has 6 nitrogen and oxygen atoms in total. The molecule has 2 unspecified atom stereocenters. The van der Waals surface area contributed by atoms with Crippen molar-refractivity contribution in [3.8, 4) is 0 Å². The molecule has 19 heavy (non-hydrogen) atoms. The molecule has 2 atom stereocenters. The molecule has 0 saturated carbocycles. The van der Waals surface area contributed by atoms with E-state index in [1.165, 1.54) is 0 Å². The zero-order valence-corrected chi connectivity index (χ0v) is 12.2. The highest BCUT2D eigenvalue weighted by Crippen LogP contribution is 2.13. The smallest absolute Gasteiger partial charge is 0.317 e. The fourth-order valence-corrected chi connectivity index (χ4v) is 2.31. The molecule has 3 amide bonds. The molecule has 1 rings (SSSR count). The van der Waals surface area contributed by atoms with Gasteiger partial charge in [-0.2, -0.15) is 0 Å². The maximum Gasteiger partial charge on any atom is 0.317 e. The monoisotopic (exact) mass is 270 g/mol. The first-order valence-electron chi connectivity index (χ1n) is 7.03. The van der Waals surface area contributed by atoms with Crippen LogP contribution in [-0.2, 0) is 4.79 Å². The molecular formula is C13H26N4O2. The summed E-state index contributed by atoms with van der Waals surface area (Å²) in [6, 6.07) is -0.0573. The van der Waals surface area contributed by atoms with E-state index in [1.54, 1.807) is 11.8 Å². The normalized spacial score (nSPS) is 21.9. The molecule has 1 heterocycles. The standard InChI is InChI=1S/C13H26N4O2/c1-4-7-13(3,14)11(18)16-10-6-8-17(9-10)12(19)15-5-2/h10H,4-9,14H2,1-3H3,(H,15,19)(H,16,18). The van der Waals surface area contributed by atoms with Gasteiger partial charge >= 0.3 is 6.03 Å². The Bertz CT molecular complexity index is 331. The van der Waals surface area contributed by atoms with Crippen LogP contribution in [0.3, 0.4) is 0 Å². The highest BCUT2D eigenvalue weighted by atomic mass is 16.2. The van der Waals surface area contributed by atoms with E-state index in [1.807, 2.05) is 13.8 Å². The maximum absolute atomic E-state index is 12.1. The number of likely N-dealkylation sites (tertiary alicyclic amines) is 1. The largest absolute Gasteiger partial charge is 0.350 e. The van der Waals surface area contributed by atoms with Crippen molar-refractivity contribution in [1.29, 1.82) is 0 Å². The minimum atomic E-state index is -0.826. The van der Waals surface area contributed by atoms with Gasteiger partial charge in [0.2, 0.25) is 5.91 Å². The lowest BCUT2D eigenvalue weighted by Crippen LogP contribution is -2.54. The van der Waals surface area contributed by atoms with E-state index in [0.717, 1.165) is 12.8 Å². The number of nitrogens with one attached hydrogen (secondary N) is 2. The molecule has 110 valence electrons. The van der Waals surface area contributed by atoms with Gasteiger partial charge in [-0.1, -0.05) is 13.3 Å². The molecule has 6 heteroatoms.